The van der Waals surface area contributed by atoms with Crippen LogP contribution in [-0.2, 0) is 9.53 Å². The third kappa shape index (κ3) is 1.75. The summed E-state index contributed by atoms with van der Waals surface area (Å²) in [6.45, 7) is 7.38. The second kappa shape index (κ2) is 4.49. The highest BCUT2D eigenvalue weighted by molar-refractivity contribution is 5.70. The fourth-order valence-electron chi connectivity index (χ4n) is 6.83. The standard InChI is InChI=1S/C19H30O3/c1-17-11-22-16(20)10-12(17)4-5-13-14(17)6-8-18(2)15(13)7-9-19(18,3)21/h12-15,21H,4-11H2,1-3H3/t12?,13?,14?,15?,17-,18-,19+/m0/s1. The monoisotopic (exact) mass is 306 g/mol. The highest BCUT2D eigenvalue weighted by Gasteiger charge is 2.63. The van der Waals surface area contributed by atoms with E-state index in [1.807, 2.05) is 0 Å². The molecule has 1 heterocycles. The van der Waals surface area contributed by atoms with Gasteiger partial charge in [0.1, 0.15) is 0 Å². The summed E-state index contributed by atoms with van der Waals surface area (Å²) in [6.07, 6.45) is 7.48. The Hall–Kier alpha value is -0.570. The molecule has 0 aromatic heterocycles. The second-order valence-electron chi connectivity index (χ2n) is 9.29. The number of fused-ring (bicyclic) bond motifs is 5. The summed E-state index contributed by atoms with van der Waals surface area (Å²) in [6, 6.07) is 0. The van der Waals surface area contributed by atoms with Gasteiger partial charge in [0.05, 0.1) is 12.2 Å². The lowest BCUT2D eigenvalue weighted by atomic mass is 9.46. The van der Waals surface area contributed by atoms with Gasteiger partial charge in [0.25, 0.3) is 0 Å². The average Bonchev–Trinajstić information content (AvgIpc) is 2.70. The first kappa shape index (κ1) is 15.0. The Morgan fingerprint density at radius 2 is 1.77 bits per heavy atom. The van der Waals surface area contributed by atoms with Gasteiger partial charge in [-0.3, -0.25) is 4.79 Å². The largest absolute Gasteiger partial charge is 0.465 e. The van der Waals surface area contributed by atoms with Crippen LogP contribution in [0.3, 0.4) is 0 Å². The van der Waals surface area contributed by atoms with Crippen molar-refractivity contribution in [2.45, 2.75) is 71.3 Å². The first-order valence-electron chi connectivity index (χ1n) is 9.16. The topological polar surface area (TPSA) is 46.5 Å². The van der Waals surface area contributed by atoms with Gasteiger partial charge in [0, 0.05) is 11.8 Å². The molecule has 3 saturated carbocycles. The molecule has 0 spiro atoms. The van der Waals surface area contributed by atoms with Crippen molar-refractivity contribution in [2.75, 3.05) is 6.61 Å². The average molecular weight is 306 g/mol. The molecule has 0 bridgehead atoms. The van der Waals surface area contributed by atoms with Crippen LogP contribution in [0.2, 0.25) is 0 Å². The Bertz CT molecular complexity index is 499. The Morgan fingerprint density at radius 3 is 2.55 bits per heavy atom. The molecule has 4 rings (SSSR count). The molecule has 0 aromatic rings. The molecule has 7 atom stereocenters. The zero-order valence-corrected chi connectivity index (χ0v) is 14.2. The smallest absolute Gasteiger partial charge is 0.306 e. The summed E-state index contributed by atoms with van der Waals surface area (Å²) in [5.41, 5.74) is -0.241. The van der Waals surface area contributed by atoms with Crippen LogP contribution < -0.4 is 0 Å². The summed E-state index contributed by atoms with van der Waals surface area (Å²) >= 11 is 0. The van der Waals surface area contributed by atoms with E-state index < -0.39 is 5.60 Å². The highest BCUT2D eigenvalue weighted by Crippen LogP contribution is 2.67. The zero-order chi connectivity index (χ0) is 15.8. The minimum Gasteiger partial charge on any atom is -0.465 e. The normalized spacial score (nSPS) is 57.5. The van der Waals surface area contributed by atoms with Gasteiger partial charge in [0.15, 0.2) is 0 Å². The molecule has 1 saturated heterocycles. The maximum Gasteiger partial charge on any atom is 0.306 e. The van der Waals surface area contributed by atoms with Gasteiger partial charge < -0.3 is 9.84 Å². The highest BCUT2D eigenvalue weighted by atomic mass is 16.5. The van der Waals surface area contributed by atoms with Crippen LogP contribution in [0, 0.1) is 34.5 Å². The Kier molecular flexibility index (Phi) is 3.06. The minimum atomic E-state index is -0.501. The van der Waals surface area contributed by atoms with Crippen molar-refractivity contribution in [3.05, 3.63) is 0 Å². The molecule has 1 N–H and O–H groups in total. The van der Waals surface area contributed by atoms with E-state index in [1.54, 1.807) is 0 Å². The van der Waals surface area contributed by atoms with Gasteiger partial charge in [0.2, 0.25) is 0 Å². The number of rotatable bonds is 0. The zero-order valence-electron chi connectivity index (χ0n) is 14.2. The number of esters is 1. The molecule has 3 nitrogen and oxygen atoms in total. The van der Waals surface area contributed by atoms with E-state index in [2.05, 4.69) is 20.8 Å². The van der Waals surface area contributed by atoms with E-state index in [4.69, 9.17) is 4.74 Å². The first-order chi connectivity index (χ1) is 10.3. The molecule has 3 aliphatic carbocycles. The van der Waals surface area contributed by atoms with Gasteiger partial charge in [-0.25, -0.2) is 0 Å². The van der Waals surface area contributed by atoms with E-state index in [9.17, 15) is 9.90 Å². The lowest BCUT2D eigenvalue weighted by Crippen LogP contribution is -2.57. The number of carbonyl (C=O) groups excluding carboxylic acids is 1. The molecule has 0 aromatic carbocycles. The van der Waals surface area contributed by atoms with Crippen molar-refractivity contribution in [2.24, 2.45) is 34.5 Å². The predicted octanol–water partition coefficient (Wildman–Crippen LogP) is 3.54. The Labute approximate surface area is 133 Å². The maximum absolute atomic E-state index is 11.7. The van der Waals surface area contributed by atoms with Crippen molar-refractivity contribution in [3.8, 4) is 0 Å². The van der Waals surface area contributed by atoms with Crippen LogP contribution >= 0.6 is 0 Å². The van der Waals surface area contributed by atoms with E-state index in [1.165, 1.54) is 25.7 Å². The summed E-state index contributed by atoms with van der Waals surface area (Å²) in [5, 5.41) is 10.9. The van der Waals surface area contributed by atoms with Crippen LogP contribution in [0.5, 0.6) is 0 Å². The summed E-state index contributed by atoms with van der Waals surface area (Å²) in [4.78, 5) is 11.7. The number of ether oxygens (including phenoxy) is 1. The molecule has 3 heteroatoms. The Morgan fingerprint density at radius 1 is 1.05 bits per heavy atom. The summed E-state index contributed by atoms with van der Waals surface area (Å²) in [5.74, 6) is 2.56. The predicted molar refractivity (Wildman–Crippen MR) is 84.1 cm³/mol. The Balaban J connectivity index is 1.65. The lowest BCUT2D eigenvalue weighted by molar-refractivity contribution is -0.186. The van der Waals surface area contributed by atoms with Crippen molar-refractivity contribution < 1.29 is 14.6 Å². The van der Waals surface area contributed by atoms with Gasteiger partial charge in [-0.1, -0.05) is 13.8 Å². The van der Waals surface area contributed by atoms with Gasteiger partial charge in [-0.2, -0.15) is 0 Å². The van der Waals surface area contributed by atoms with Crippen LogP contribution in [0.1, 0.15) is 65.7 Å². The summed E-state index contributed by atoms with van der Waals surface area (Å²) < 4.78 is 5.49. The second-order valence-corrected chi connectivity index (χ2v) is 9.29. The van der Waals surface area contributed by atoms with Crippen molar-refractivity contribution in [1.82, 2.24) is 0 Å². The maximum atomic E-state index is 11.7. The van der Waals surface area contributed by atoms with E-state index in [0.29, 0.717) is 36.7 Å². The molecule has 124 valence electrons. The van der Waals surface area contributed by atoms with Crippen molar-refractivity contribution in [3.63, 3.8) is 0 Å². The molecule has 22 heavy (non-hydrogen) atoms. The molecule has 0 radical (unpaired) electrons. The van der Waals surface area contributed by atoms with Crippen LogP contribution in [0.25, 0.3) is 0 Å². The van der Waals surface area contributed by atoms with Crippen molar-refractivity contribution in [1.29, 1.82) is 0 Å². The molecule has 0 amide bonds. The third-order valence-electron chi connectivity index (χ3n) is 8.58. The van der Waals surface area contributed by atoms with Crippen LogP contribution in [0.4, 0.5) is 0 Å². The van der Waals surface area contributed by atoms with E-state index >= 15 is 0 Å². The quantitative estimate of drug-likeness (QED) is 0.696. The third-order valence-corrected chi connectivity index (χ3v) is 8.58. The number of cyclic esters (lactones) is 1. The van der Waals surface area contributed by atoms with Crippen molar-refractivity contribution >= 4 is 5.97 Å². The molecular formula is C19H30O3. The molecule has 1 aliphatic heterocycles. The summed E-state index contributed by atoms with van der Waals surface area (Å²) in [7, 11) is 0. The number of aliphatic hydroxyl groups is 1. The molecule has 4 fully saturated rings. The van der Waals surface area contributed by atoms with Gasteiger partial charge in [-0.05, 0) is 74.5 Å². The lowest BCUT2D eigenvalue weighted by Gasteiger charge is -2.60. The fourth-order valence-corrected chi connectivity index (χ4v) is 6.83. The SMILES string of the molecule is C[C@]12COC(=O)CC1CCC1C2CC[C@@]2(C)C1CC[C@@]2(C)O. The molecule has 4 aliphatic rings. The number of hydrogen-bond donors (Lipinski definition) is 1. The fraction of sp³-hybridized carbons (Fsp3) is 0.947. The van der Waals surface area contributed by atoms with Gasteiger partial charge in [-0.15, -0.1) is 0 Å². The van der Waals surface area contributed by atoms with Crippen LogP contribution in [-0.4, -0.2) is 23.3 Å². The van der Waals surface area contributed by atoms with E-state index in [0.717, 1.165) is 12.8 Å². The van der Waals surface area contributed by atoms with Crippen LogP contribution in [0.15, 0.2) is 0 Å². The molecular weight excluding hydrogens is 276 g/mol. The van der Waals surface area contributed by atoms with Gasteiger partial charge >= 0.3 is 5.97 Å². The first-order valence-corrected chi connectivity index (χ1v) is 9.16. The number of hydrogen-bond acceptors (Lipinski definition) is 3. The van der Waals surface area contributed by atoms with E-state index in [-0.39, 0.29) is 16.8 Å². The number of carbonyl (C=O) groups is 1. The minimum absolute atomic E-state index is 0.00497. The molecule has 4 unspecified atom stereocenters.